The molecule has 0 aliphatic carbocycles. The van der Waals surface area contributed by atoms with E-state index in [1.54, 1.807) is 12.3 Å². The summed E-state index contributed by atoms with van der Waals surface area (Å²) in [7, 11) is 0. The molecule has 10 nitrogen and oxygen atoms in total. The van der Waals surface area contributed by atoms with Gasteiger partial charge in [-0.3, -0.25) is 9.59 Å². The van der Waals surface area contributed by atoms with Crippen LogP contribution in [0.25, 0.3) is 11.1 Å². The number of nitrogens with one attached hydrogen (secondary N) is 1. The number of ether oxygens (including phenoxy) is 2. The van der Waals surface area contributed by atoms with E-state index < -0.39 is 18.2 Å². The maximum absolute atomic E-state index is 12.4. The maximum Gasteiger partial charge on any atom is 0.338 e. The van der Waals surface area contributed by atoms with Crippen LogP contribution < -0.4 is 5.32 Å². The van der Waals surface area contributed by atoms with Gasteiger partial charge >= 0.3 is 11.9 Å². The summed E-state index contributed by atoms with van der Waals surface area (Å²) in [6, 6.07) is 26.6. The van der Waals surface area contributed by atoms with Crippen LogP contribution in [0.5, 0.6) is 0 Å². The Morgan fingerprint density at radius 1 is 0.837 bits per heavy atom. The van der Waals surface area contributed by atoms with Crippen LogP contribution in [-0.2, 0) is 32.2 Å². The van der Waals surface area contributed by atoms with Crippen LogP contribution in [0.2, 0.25) is 0 Å². The van der Waals surface area contributed by atoms with Gasteiger partial charge in [-0.1, -0.05) is 79.2 Å². The molecule has 1 saturated heterocycles. The molecular weight excluding hydrogens is 644 g/mol. The van der Waals surface area contributed by atoms with Crippen molar-refractivity contribution in [1.29, 1.82) is 0 Å². The molecule has 49 heavy (non-hydrogen) atoms. The lowest BCUT2D eigenvalue weighted by Gasteiger charge is -2.36. The van der Waals surface area contributed by atoms with Gasteiger partial charge in [-0.25, -0.2) is 9.78 Å². The molecule has 1 aliphatic heterocycles. The van der Waals surface area contributed by atoms with E-state index in [0.717, 1.165) is 33.4 Å². The summed E-state index contributed by atoms with van der Waals surface area (Å²) < 4.78 is 12.9. The summed E-state index contributed by atoms with van der Waals surface area (Å²) >= 11 is 1.34. The van der Waals surface area contributed by atoms with Crippen LogP contribution in [0.1, 0.15) is 83.5 Å². The number of aromatic nitrogens is 1. The molecular formula is C38H40N2O8S. The molecule has 1 aromatic heterocycles. The Morgan fingerprint density at radius 2 is 1.57 bits per heavy atom. The summed E-state index contributed by atoms with van der Waals surface area (Å²) in [5, 5.41) is 31.3. The zero-order valence-electron chi connectivity index (χ0n) is 27.0. The first-order valence-electron chi connectivity index (χ1n) is 16.3. The molecule has 1 fully saturated rings. The van der Waals surface area contributed by atoms with E-state index in [0.29, 0.717) is 49.4 Å². The average Bonchev–Trinajstić information content (AvgIpc) is 3.13. The Kier molecular flexibility index (Phi) is 12.9. The number of hydrogen-bond acceptors (Lipinski definition) is 8. The molecule has 5 rings (SSSR count). The van der Waals surface area contributed by atoms with E-state index in [4.69, 9.17) is 14.6 Å². The number of aliphatic carboxylic acids is 1. The largest absolute Gasteiger partial charge is 0.481 e. The summed E-state index contributed by atoms with van der Waals surface area (Å²) in [5.74, 6) is -1.44. The monoisotopic (exact) mass is 684 g/mol. The third-order valence-corrected chi connectivity index (χ3v) is 9.44. The molecule has 4 N–H and O–H groups in total. The first-order chi connectivity index (χ1) is 23.8. The second-order valence-corrected chi connectivity index (χ2v) is 12.8. The van der Waals surface area contributed by atoms with Crippen LogP contribution in [0.15, 0.2) is 96.2 Å². The number of carboxylic acids is 2. The summed E-state index contributed by atoms with van der Waals surface area (Å²) in [4.78, 5) is 39.1. The summed E-state index contributed by atoms with van der Waals surface area (Å²) in [6.45, 7) is 0.321. The molecule has 2 heterocycles. The third-order valence-electron chi connectivity index (χ3n) is 8.30. The van der Waals surface area contributed by atoms with Gasteiger partial charge in [0.05, 0.1) is 24.4 Å². The Bertz CT molecular complexity index is 1710. The highest BCUT2D eigenvalue weighted by molar-refractivity contribution is 7.99. The van der Waals surface area contributed by atoms with Crippen molar-refractivity contribution in [2.24, 2.45) is 0 Å². The van der Waals surface area contributed by atoms with E-state index in [2.05, 4.69) is 10.3 Å². The highest BCUT2D eigenvalue weighted by atomic mass is 32.2. The van der Waals surface area contributed by atoms with Crippen molar-refractivity contribution in [3.05, 3.63) is 119 Å². The van der Waals surface area contributed by atoms with Gasteiger partial charge in [0.25, 0.3) is 0 Å². The van der Waals surface area contributed by atoms with E-state index >= 15 is 0 Å². The zero-order valence-corrected chi connectivity index (χ0v) is 27.8. The van der Waals surface area contributed by atoms with E-state index in [-0.39, 0.29) is 36.7 Å². The van der Waals surface area contributed by atoms with Crippen molar-refractivity contribution >= 4 is 29.6 Å². The molecule has 0 bridgehead atoms. The number of carbonyl (C=O) groups excluding carboxylic acids is 1. The Morgan fingerprint density at radius 3 is 2.31 bits per heavy atom. The Labute approximate surface area is 289 Å². The molecule has 3 aromatic carbocycles. The van der Waals surface area contributed by atoms with Gasteiger partial charge in [0.15, 0.2) is 6.29 Å². The minimum atomic E-state index is -1.03. The second kappa shape index (κ2) is 17.7. The van der Waals surface area contributed by atoms with Gasteiger partial charge in [-0.15, -0.1) is 11.8 Å². The number of aliphatic hydroxyl groups is 1. The normalized spacial score (nSPS) is 17.4. The number of thioether (sulfide) groups is 1. The van der Waals surface area contributed by atoms with E-state index in [1.165, 1.54) is 17.8 Å². The smallest absolute Gasteiger partial charge is 0.338 e. The predicted octanol–water partition coefficient (Wildman–Crippen LogP) is 6.93. The number of nitrogens with zero attached hydrogens (tertiary/aromatic N) is 1. The number of benzene rings is 3. The van der Waals surface area contributed by atoms with Crippen molar-refractivity contribution < 1.29 is 39.2 Å². The fraction of sp³-hybridized carbons (Fsp3) is 0.316. The number of carboxylic acid groups (broad SMARTS) is 2. The first kappa shape index (κ1) is 35.7. The molecule has 0 unspecified atom stereocenters. The Balaban J connectivity index is 1.27. The van der Waals surface area contributed by atoms with Gasteiger partial charge in [0.1, 0.15) is 5.03 Å². The number of aromatic carboxylic acids is 1. The molecule has 0 saturated carbocycles. The third kappa shape index (κ3) is 10.2. The number of carbonyl (C=O) groups is 3. The van der Waals surface area contributed by atoms with E-state index in [1.807, 2.05) is 72.8 Å². The molecule has 1 amide bonds. The van der Waals surface area contributed by atoms with Gasteiger partial charge in [0, 0.05) is 43.3 Å². The van der Waals surface area contributed by atoms with Crippen molar-refractivity contribution in [2.75, 3.05) is 5.75 Å². The molecule has 4 aromatic rings. The second-order valence-electron chi connectivity index (χ2n) is 11.8. The van der Waals surface area contributed by atoms with Crippen molar-refractivity contribution in [2.45, 2.75) is 75.2 Å². The topological polar surface area (TPSA) is 155 Å². The number of aliphatic hydroxyl groups excluding tert-OH is 1. The van der Waals surface area contributed by atoms with Gasteiger partial charge in [0.2, 0.25) is 5.91 Å². The molecule has 3 atom stereocenters. The molecule has 0 radical (unpaired) electrons. The first-order valence-corrected chi connectivity index (χ1v) is 17.3. The highest BCUT2D eigenvalue weighted by Crippen LogP contribution is 2.40. The minimum Gasteiger partial charge on any atom is -0.481 e. The minimum absolute atomic E-state index is 0.0508. The van der Waals surface area contributed by atoms with Crippen LogP contribution in [-0.4, -0.2) is 50.0 Å². The lowest BCUT2D eigenvalue weighted by molar-refractivity contribution is -0.245. The zero-order chi connectivity index (χ0) is 34.6. The number of rotatable bonds is 16. The van der Waals surface area contributed by atoms with Crippen molar-refractivity contribution in [3.63, 3.8) is 0 Å². The van der Waals surface area contributed by atoms with Crippen LogP contribution >= 0.6 is 11.8 Å². The fourth-order valence-electron chi connectivity index (χ4n) is 5.66. The molecule has 0 spiro atoms. The fourth-order valence-corrected chi connectivity index (χ4v) is 6.66. The van der Waals surface area contributed by atoms with Crippen LogP contribution in [0.3, 0.4) is 0 Å². The summed E-state index contributed by atoms with van der Waals surface area (Å²) in [6.07, 6.45) is 3.28. The maximum atomic E-state index is 12.4. The van der Waals surface area contributed by atoms with Crippen molar-refractivity contribution in [3.8, 4) is 11.1 Å². The summed E-state index contributed by atoms with van der Waals surface area (Å²) in [5.41, 5.74) is 5.67. The van der Waals surface area contributed by atoms with Crippen LogP contribution in [0.4, 0.5) is 0 Å². The number of pyridine rings is 1. The molecule has 256 valence electrons. The predicted molar refractivity (Wildman–Crippen MR) is 185 cm³/mol. The molecule has 1 aliphatic rings. The standard InChI is InChI=1S/C38H40N2O8S/c41-23-25-12-14-27(15-13-25)33-21-30(24-49-36-32(37(45)46)9-6-20-39-36)47-38(48-33)28-18-16-26(17-19-28)31-8-5-4-7-29(31)22-40-34(42)10-2-1-3-11-35(43)44/h4-9,12-20,30,33,38,41H,1-3,10-11,21-24H2,(H,40,42)(H,43,44)(H,45,46)/t30-,33+,38+/m0/s1. The number of hydrogen-bond donors (Lipinski definition) is 4. The quantitative estimate of drug-likeness (QED) is 0.0721. The highest BCUT2D eigenvalue weighted by Gasteiger charge is 2.32. The lowest BCUT2D eigenvalue weighted by atomic mass is 9.97. The van der Waals surface area contributed by atoms with Crippen LogP contribution in [0, 0.1) is 0 Å². The lowest BCUT2D eigenvalue weighted by Crippen LogP contribution is -2.31. The number of unbranched alkanes of at least 4 members (excludes halogenated alkanes) is 2. The molecule has 11 heteroatoms. The Hall–Kier alpha value is -4.55. The number of amides is 1. The average molecular weight is 685 g/mol. The van der Waals surface area contributed by atoms with Gasteiger partial charge in [-0.2, -0.15) is 0 Å². The van der Waals surface area contributed by atoms with E-state index in [9.17, 15) is 24.6 Å². The van der Waals surface area contributed by atoms with Crippen molar-refractivity contribution in [1.82, 2.24) is 10.3 Å². The van der Waals surface area contributed by atoms with Gasteiger partial charge in [-0.05, 0) is 52.8 Å². The SMILES string of the molecule is O=C(O)CCCCCC(=O)NCc1ccccc1-c1ccc([C@@H]2O[C@H](CSc3ncccc3C(=O)O)C[C@H](c3ccc(CO)cc3)O2)cc1. The van der Waals surface area contributed by atoms with Gasteiger partial charge < -0.3 is 30.1 Å².